The predicted octanol–water partition coefficient (Wildman–Crippen LogP) is 2.68. The van der Waals surface area contributed by atoms with Gasteiger partial charge in [-0.3, -0.25) is 9.48 Å². The van der Waals surface area contributed by atoms with Gasteiger partial charge >= 0.3 is 0 Å². The van der Waals surface area contributed by atoms with Gasteiger partial charge in [-0.2, -0.15) is 5.10 Å². The van der Waals surface area contributed by atoms with E-state index in [1.807, 2.05) is 18.5 Å². The van der Waals surface area contributed by atoms with Gasteiger partial charge in [-0.05, 0) is 45.6 Å². The van der Waals surface area contributed by atoms with Crippen molar-refractivity contribution in [3.8, 4) is 0 Å². The van der Waals surface area contributed by atoms with E-state index in [-0.39, 0.29) is 0 Å². The zero-order valence-electron chi connectivity index (χ0n) is 12.4. The summed E-state index contributed by atoms with van der Waals surface area (Å²) in [5.74, 6) is 0.291. The lowest BCUT2D eigenvalue weighted by Crippen LogP contribution is -2.43. The fraction of sp³-hybridized carbons (Fsp3) is 0.733. The summed E-state index contributed by atoms with van der Waals surface area (Å²) in [5.41, 5.74) is 2.16. The average Bonchev–Trinajstić information content (AvgIpc) is 2.74. The van der Waals surface area contributed by atoms with Gasteiger partial charge in [-0.25, -0.2) is 0 Å². The Morgan fingerprint density at radius 3 is 2.84 bits per heavy atom. The average molecular weight is 263 g/mol. The van der Waals surface area contributed by atoms with Gasteiger partial charge in [0.2, 0.25) is 5.91 Å². The molecule has 0 N–H and O–H groups in total. The summed E-state index contributed by atoms with van der Waals surface area (Å²) in [4.78, 5) is 14.4. The third kappa shape index (κ3) is 3.37. The molecule has 19 heavy (non-hydrogen) atoms. The van der Waals surface area contributed by atoms with Gasteiger partial charge in [-0.1, -0.05) is 6.92 Å². The van der Waals surface area contributed by atoms with Gasteiger partial charge in [0.15, 0.2) is 0 Å². The van der Waals surface area contributed by atoms with Crippen molar-refractivity contribution in [2.75, 3.05) is 6.54 Å². The highest BCUT2D eigenvalue weighted by Gasteiger charge is 2.24. The molecule has 1 aromatic heterocycles. The molecule has 1 amide bonds. The smallest absolute Gasteiger partial charge is 0.224 e. The van der Waals surface area contributed by atoms with E-state index in [2.05, 4.69) is 23.0 Å². The van der Waals surface area contributed by atoms with Crippen LogP contribution in [0.3, 0.4) is 0 Å². The Kier molecular flexibility index (Phi) is 4.61. The van der Waals surface area contributed by atoms with Crippen LogP contribution in [0.5, 0.6) is 0 Å². The number of hydrogen-bond acceptors (Lipinski definition) is 2. The number of aromatic nitrogens is 2. The molecule has 1 aromatic rings. The summed E-state index contributed by atoms with van der Waals surface area (Å²) < 4.78 is 1.94. The largest absolute Gasteiger partial charge is 0.340 e. The second kappa shape index (κ2) is 6.22. The van der Waals surface area contributed by atoms with Crippen LogP contribution >= 0.6 is 0 Å². The number of hydrogen-bond donors (Lipinski definition) is 0. The van der Waals surface area contributed by atoms with E-state index in [9.17, 15) is 4.79 Å². The normalized spacial score (nSPS) is 19.7. The fourth-order valence-electron chi connectivity index (χ4n) is 3.00. The first kappa shape index (κ1) is 14.1. The van der Waals surface area contributed by atoms with Gasteiger partial charge < -0.3 is 4.90 Å². The molecule has 1 aliphatic heterocycles. The molecule has 2 rings (SSSR count). The molecule has 0 saturated carbocycles. The van der Waals surface area contributed by atoms with Crippen molar-refractivity contribution in [3.05, 3.63) is 17.5 Å². The Morgan fingerprint density at radius 2 is 2.21 bits per heavy atom. The third-order valence-electron chi connectivity index (χ3n) is 4.06. The summed E-state index contributed by atoms with van der Waals surface area (Å²) in [6.07, 6.45) is 5.23. The molecule has 1 aliphatic rings. The molecule has 4 nitrogen and oxygen atoms in total. The van der Waals surface area contributed by atoms with Crippen molar-refractivity contribution < 1.29 is 4.79 Å². The number of aryl methyl sites for hydroxylation is 3. The van der Waals surface area contributed by atoms with Gasteiger partial charge in [0.25, 0.3) is 0 Å². The van der Waals surface area contributed by atoms with Crippen LogP contribution in [-0.2, 0) is 11.3 Å². The summed E-state index contributed by atoms with van der Waals surface area (Å²) in [5, 5.41) is 4.41. The second-order valence-corrected chi connectivity index (χ2v) is 5.55. The van der Waals surface area contributed by atoms with Crippen LogP contribution in [0.1, 0.15) is 50.4 Å². The van der Waals surface area contributed by atoms with E-state index in [1.165, 1.54) is 12.8 Å². The monoisotopic (exact) mass is 263 g/mol. The Morgan fingerprint density at radius 1 is 1.42 bits per heavy atom. The maximum atomic E-state index is 12.3. The number of carbonyl (C=O) groups excluding carboxylic acids is 1. The Labute approximate surface area is 115 Å². The molecule has 0 aliphatic carbocycles. The SMILES string of the molecule is CCC1CCCCN1C(=O)CCn1nc(C)cc1C. The predicted molar refractivity (Wildman–Crippen MR) is 76.0 cm³/mol. The van der Waals surface area contributed by atoms with Gasteiger partial charge in [0.05, 0.1) is 5.69 Å². The fourth-order valence-corrected chi connectivity index (χ4v) is 3.00. The van der Waals surface area contributed by atoms with Crippen LogP contribution in [0, 0.1) is 13.8 Å². The van der Waals surface area contributed by atoms with Crippen molar-refractivity contribution in [1.29, 1.82) is 0 Å². The molecule has 0 bridgehead atoms. The Balaban J connectivity index is 1.91. The van der Waals surface area contributed by atoms with Gasteiger partial charge in [0.1, 0.15) is 0 Å². The van der Waals surface area contributed by atoms with E-state index in [4.69, 9.17) is 0 Å². The molecule has 4 heteroatoms. The van der Waals surface area contributed by atoms with Crippen LogP contribution < -0.4 is 0 Å². The van der Waals surface area contributed by atoms with Crippen LogP contribution in [0.25, 0.3) is 0 Å². The molecule has 2 heterocycles. The first-order valence-electron chi connectivity index (χ1n) is 7.42. The van der Waals surface area contributed by atoms with Crippen molar-refractivity contribution in [3.63, 3.8) is 0 Å². The van der Waals surface area contributed by atoms with Crippen LogP contribution in [0.4, 0.5) is 0 Å². The van der Waals surface area contributed by atoms with Crippen molar-refractivity contribution in [2.24, 2.45) is 0 Å². The summed E-state index contributed by atoms with van der Waals surface area (Å²) in [7, 11) is 0. The molecule has 106 valence electrons. The van der Waals surface area contributed by atoms with Gasteiger partial charge in [0, 0.05) is 31.2 Å². The zero-order chi connectivity index (χ0) is 13.8. The third-order valence-corrected chi connectivity index (χ3v) is 4.06. The number of amides is 1. The highest BCUT2D eigenvalue weighted by molar-refractivity contribution is 5.76. The van der Waals surface area contributed by atoms with Crippen LogP contribution in [-0.4, -0.2) is 33.2 Å². The quantitative estimate of drug-likeness (QED) is 0.837. The molecule has 1 unspecified atom stereocenters. The molecule has 1 fully saturated rings. The topological polar surface area (TPSA) is 38.1 Å². The molecule has 1 atom stereocenters. The van der Waals surface area contributed by atoms with E-state index in [0.717, 1.165) is 30.8 Å². The first-order chi connectivity index (χ1) is 9.11. The van der Waals surface area contributed by atoms with Crippen LogP contribution in [0.2, 0.25) is 0 Å². The van der Waals surface area contributed by atoms with E-state index < -0.39 is 0 Å². The van der Waals surface area contributed by atoms with Crippen LogP contribution in [0.15, 0.2) is 6.07 Å². The minimum Gasteiger partial charge on any atom is -0.340 e. The molecule has 0 radical (unpaired) electrons. The van der Waals surface area contributed by atoms with E-state index in [1.54, 1.807) is 0 Å². The van der Waals surface area contributed by atoms with Crippen molar-refractivity contribution >= 4 is 5.91 Å². The summed E-state index contributed by atoms with van der Waals surface area (Å²) in [6.45, 7) is 7.85. The molecule has 0 aromatic carbocycles. The minimum atomic E-state index is 0.291. The maximum absolute atomic E-state index is 12.3. The number of carbonyl (C=O) groups is 1. The highest BCUT2D eigenvalue weighted by atomic mass is 16.2. The first-order valence-corrected chi connectivity index (χ1v) is 7.42. The lowest BCUT2D eigenvalue weighted by Gasteiger charge is -2.35. The van der Waals surface area contributed by atoms with E-state index in [0.29, 0.717) is 24.9 Å². The number of piperidine rings is 1. The minimum absolute atomic E-state index is 0.291. The molecular weight excluding hydrogens is 238 g/mol. The second-order valence-electron chi connectivity index (χ2n) is 5.55. The van der Waals surface area contributed by atoms with Crippen molar-refractivity contribution in [2.45, 2.75) is 65.5 Å². The molecule has 1 saturated heterocycles. The Hall–Kier alpha value is -1.32. The lowest BCUT2D eigenvalue weighted by atomic mass is 9.99. The maximum Gasteiger partial charge on any atom is 0.224 e. The standard InChI is InChI=1S/C15H25N3O/c1-4-14-7-5-6-9-17(14)15(19)8-10-18-13(3)11-12(2)16-18/h11,14H,4-10H2,1-3H3. The summed E-state index contributed by atoms with van der Waals surface area (Å²) >= 11 is 0. The zero-order valence-corrected chi connectivity index (χ0v) is 12.4. The van der Waals surface area contributed by atoms with Crippen molar-refractivity contribution in [1.82, 2.24) is 14.7 Å². The Bertz CT molecular complexity index is 439. The lowest BCUT2D eigenvalue weighted by molar-refractivity contribution is -0.135. The van der Waals surface area contributed by atoms with E-state index >= 15 is 0 Å². The molecule has 0 spiro atoms. The number of nitrogens with zero attached hydrogens (tertiary/aromatic N) is 3. The summed E-state index contributed by atoms with van der Waals surface area (Å²) in [6, 6.07) is 2.52. The number of rotatable bonds is 4. The number of likely N-dealkylation sites (tertiary alicyclic amines) is 1. The van der Waals surface area contributed by atoms with Gasteiger partial charge in [-0.15, -0.1) is 0 Å². The highest BCUT2D eigenvalue weighted by Crippen LogP contribution is 2.20. The molecular formula is C15H25N3O.